The standard InChI is InChI=1S/C15H24N2O2S/c1-11-9-14(11)16-10-12-5-7-13(8-6-12)17-20(18,19)15(2,3)4/h5-8,11,14,16-17H,9-10H2,1-4H3. The zero-order chi connectivity index (χ0) is 15.0. The number of hydrogen-bond donors (Lipinski definition) is 2. The van der Waals surface area contributed by atoms with Crippen LogP contribution in [0.3, 0.4) is 0 Å². The molecule has 1 aromatic rings. The Morgan fingerprint density at radius 2 is 1.75 bits per heavy atom. The maximum absolute atomic E-state index is 12.0. The van der Waals surface area contributed by atoms with Gasteiger partial charge in [-0.25, -0.2) is 8.42 Å². The molecule has 2 atom stereocenters. The monoisotopic (exact) mass is 296 g/mol. The fraction of sp³-hybridized carbons (Fsp3) is 0.600. The lowest BCUT2D eigenvalue weighted by molar-refractivity contribution is 0.566. The SMILES string of the molecule is CC1CC1NCc1ccc(NS(=O)(=O)C(C)(C)C)cc1. The number of benzene rings is 1. The number of nitrogens with one attached hydrogen (secondary N) is 2. The maximum atomic E-state index is 12.0. The average Bonchev–Trinajstić information content (AvgIpc) is 3.03. The van der Waals surface area contributed by atoms with Crippen molar-refractivity contribution in [3.63, 3.8) is 0 Å². The second-order valence-corrected chi connectivity index (χ2v) is 9.05. The summed E-state index contributed by atoms with van der Waals surface area (Å²) in [5.41, 5.74) is 1.78. The number of sulfonamides is 1. The molecule has 1 aliphatic rings. The summed E-state index contributed by atoms with van der Waals surface area (Å²) in [5, 5.41) is 3.48. The smallest absolute Gasteiger partial charge is 0.237 e. The van der Waals surface area contributed by atoms with Crippen molar-refractivity contribution in [1.29, 1.82) is 0 Å². The summed E-state index contributed by atoms with van der Waals surface area (Å²) < 4.78 is 25.9. The van der Waals surface area contributed by atoms with Crippen LogP contribution in [-0.2, 0) is 16.6 Å². The molecule has 2 N–H and O–H groups in total. The van der Waals surface area contributed by atoms with Gasteiger partial charge in [-0.2, -0.15) is 0 Å². The Morgan fingerprint density at radius 3 is 2.20 bits per heavy atom. The third-order valence-electron chi connectivity index (χ3n) is 3.69. The summed E-state index contributed by atoms with van der Waals surface area (Å²) in [7, 11) is -3.35. The van der Waals surface area contributed by atoms with Gasteiger partial charge >= 0.3 is 0 Å². The molecule has 1 aliphatic carbocycles. The lowest BCUT2D eigenvalue weighted by Crippen LogP contribution is -2.33. The molecule has 1 fully saturated rings. The van der Waals surface area contributed by atoms with E-state index in [2.05, 4.69) is 17.0 Å². The van der Waals surface area contributed by atoms with Crippen LogP contribution in [-0.4, -0.2) is 19.2 Å². The van der Waals surface area contributed by atoms with E-state index >= 15 is 0 Å². The van der Waals surface area contributed by atoms with E-state index in [4.69, 9.17) is 0 Å². The fourth-order valence-corrected chi connectivity index (χ4v) is 2.61. The second kappa shape index (κ2) is 5.37. The minimum absolute atomic E-state index is 0.614. The average molecular weight is 296 g/mol. The maximum Gasteiger partial charge on any atom is 0.237 e. The highest BCUT2D eigenvalue weighted by atomic mass is 32.2. The van der Waals surface area contributed by atoms with E-state index < -0.39 is 14.8 Å². The quantitative estimate of drug-likeness (QED) is 0.878. The first kappa shape index (κ1) is 15.3. The summed E-state index contributed by atoms with van der Waals surface area (Å²) in [4.78, 5) is 0. The van der Waals surface area contributed by atoms with Crippen molar-refractivity contribution in [3.05, 3.63) is 29.8 Å². The summed E-state index contributed by atoms with van der Waals surface area (Å²) >= 11 is 0. The highest BCUT2D eigenvalue weighted by molar-refractivity contribution is 7.94. The van der Waals surface area contributed by atoms with Gasteiger partial charge in [0.25, 0.3) is 0 Å². The molecule has 0 aliphatic heterocycles. The van der Waals surface area contributed by atoms with E-state index in [0.717, 1.165) is 12.5 Å². The first-order chi connectivity index (χ1) is 9.19. The molecule has 0 bridgehead atoms. The molecule has 0 spiro atoms. The Hall–Kier alpha value is -1.07. The Kier molecular flexibility index (Phi) is 4.12. The summed E-state index contributed by atoms with van der Waals surface area (Å²) in [6.45, 7) is 8.13. The zero-order valence-corrected chi connectivity index (χ0v) is 13.4. The number of anilines is 1. The van der Waals surface area contributed by atoms with Crippen molar-refractivity contribution < 1.29 is 8.42 Å². The van der Waals surface area contributed by atoms with Gasteiger partial charge in [-0.15, -0.1) is 0 Å². The van der Waals surface area contributed by atoms with E-state index in [1.807, 2.05) is 24.3 Å². The predicted octanol–water partition coefficient (Wildman–Crippen LogP) is 2.72. The molecule has 0 heterocycles. The topological polar surface area (TPSA) is 58.2 Å². The summed E-state index contributed by atoms with van der Waals surface area (Å²) in [5.74, 6) is 0.785. The molecule has 2 unspecified atom stereocenters. The summed E-state index contributed by atoms with van der Waals surface area (Å²) in [6.07, 6.45) is 1.25. The van der Waals surface area contributed by atoms with Gasteiger partial charge in [0.05, 0.1) is 4.75 Å². The van der Waals surface area contributed by atoms with Crippen LogP contribution in [0.2, 0.25) is 0 Å². The molecular weight excluding hydrogens is 272 g/mol. The van der Waals surface area contributed by atoms with Crippen LogP contribution in [0.4, 0.5) is 5.69 Å². The van der Waals surface area contributed by atoms with Crippen molar-refractivity contribution in [2.45, 2.75) is 51.4 Å². The van der Waals surface area contributed by atoms with E-state index in [9.17, 15) is 8.42 Å². The molecule has 1 saturated carbocycles. The number of hydrogen-bond acceptors (Lipinski definition) is 3. The Morgan fingerprint density at radius 1 is 1.20 bits per heavy atom. The molecule has 5 heteroatoms. The van der Waals surface area contributed by atoms with Gasteiger partial charge in [-0.3, -0.25) is 4.72 Å². The van der Waals surface area contributed by atoms with Crippen LogP contribution in [0.25, 0.3) is 0 Å². The molecule has 0 radical (unpaired) electrons. The van der Waals surface area contributed by atoms with Gasteiger partial charge in [0, 0.05) is 18.3 Å². The zero-order valence-electron chi connectivity index (χ0n) is 12.6. The van der Waals surface area contributed by atoms with Crippen LogP contribution < -0.4 is 10.0 Å². The summed E-state index contributed by atoms with van der Waals surface area (Å²) in [6, 6.07) is 8.20. The van der Waals surface area contributed by atoms with Crippen molar-refractivity contribution in [1.82, 2.24) is 5.32 Å². The predicted molar refractivity (Wildman–Crippen MR) is 83.1 cm³/mol. The van der Waals surface area contributed by atoms with Crippen LogP contribution in [0.1, 0.15) is 39.7 Å². The minimum atomic E-state index is -3.35. The Labute approximate surface area is 122 Å². The van der Waals surface area contributed by atoms with Gasteiger partial charge in [0.15, 0.2) is 0 Å². The first-order valence-electron chi connectivity index (χ1n) is 7.04. The van der Waals surface area contributed by atoms with Crippen molar-refractivity contribution in [2.75, 3.05) is 4.72 Å². The first-order valence-corrected chi connectivity index (χ1v) is 8.52. The van der Waals surface area contributed by atoms with Crippen LogP contribution in [0.15, 0.2) is 24.3 Å². The molecule has 20 heavy (non-hydrogen) atoms. The van der Waals surface area contributed by atoms with E-state index in [-0.39, 0.29) is 0 Å². The molecule has 0 aromatic heterocycles. The molecule has 0 amide bonds. The van der Waals surface area contributed by atoms with Gasteiger partial charge in [-0.05, 0) is 50.8 Å². The van der Waals surface area contributed by atoms with E-state index in [1.165, 1.54) is 12.0 Å². The largest absolute Gasteiger partial charge is 0.310 e. The fourth-order valence-electron chi connectivity index (χ4n) is 1.85. The van der Waals surface area contributed by atoms with E-state index in [1.54, 1.807) is 20.8 Å². The van der Waals surface area contributed by atoms with Crippen molar-refractivity contribution >= 4 is 15.7 Å². The molecule has 2 rings (SSSR count). The van der Waals surface area contributed by atoms with E-state index in [0.29, 0.717) is 11.7 Å². The Bertz CT molecular complexity index is 559. The van der Waals surface area contributed by atoms with Crippen molar-refractivity contribution in [3.8, 4) is 0 Å². The van der Waals surface area contributed by atoms with Gasteiger partial charge < -0.3 is 5.32 Å². The van der Waals surface area contributed by atoms with Crippen LogP contribution >= 0.6 is 0 Å². The lowest BCUT2D eigenvalue weighted by atomic mass is 10.2. The highest BCUT2D eigenvalue weighted by Gasteiger charge is 2.31. The lowest BCUT2D eigenvalue weighted by Gasteiger charge is -2.20. The Balaban J connectivity index is 1.94. The second-order valence-electron chi connectivity index (χ2n) is 6.62. The van der Waals surface area contributed by atoms with Crippen LogP contribution in [0.5, 0.6) is 0 Å². The highest BCUT2D eigenvalue weighted by Crippen LogP contribution is 2.29. The van der Waals surface area contributed by atoms with Crippen molar-refractivity contribution in [2.24, 2.45) is 5.92 Å². The minimum Gasteiger partial charge on any atom is -0.310 e. The normalized spacial score (nSPS) is 22.6. The molecule has 112 valence electrons. The molecule has 1 aromatic carbocycles. The number of rotatable bonds is 5. The van der Waals surface area contributed by atoms with Gasteiger partial charge in [0.2, 0.25) is 10.0 Å². The van der Waals surface area contributed by atoms with Gasteiger partial charge in [-0.1, -0.05) is 19.1 Å². The molecular formula is C15H24N2O2S. The van der Waals surface area contributed by atoms with Crippen LogP contribution in [0, 0.1) is 5.92 Å². The molecule has 0 saturated heterocycles. The molecule has 4 nitrogen and oxygen atoms in total. The third kappa shape index (κ3) is 3.73. The van der Waals surface area contributed by atoms with Gasteiger partial charge in [0.1, 0.15) is 0 Å². The third-order valence-corrected chi connectivity index (χ3v) is 5.81.